The molecule has 2 aromatic rings. The molecule has 0 saturated heterocycles. The zero-order valence-electron chi connectivity index (χ0n) is 9.38. The molecule has 0 aliphatic carbocycles. The largest absolute Gasteiger partial charge is 0.494 e. The Balaban J connectivity index is 2.75. The summed E-state index contributed by atoms with van der Waals surface area (Å²) in [5.41, 5.74) is 0.719. The molecule has 0 aliphatic heterocycles. The molecule has 0 saturated carbocycles. The number of hydrogen-bond donors (Lipinski definition) is 3. The lowest BCUT2D eigenvalue weighted by Gasteiger charge is -2.10. The first-order valence-electron chi connectivity index (χ1n) is 5.05. The van der Waals surface area contributed by atoms with Crippen LogP contribution in [0.15, 0.2) is 24.3 Å². The summed E-state index contributed by atoms with van der Waals surface area (Å²) in [7, 11) is 0. The number of halogens is 1. The number of benzene rings is 1. The molecule has 0 unspecified atom stereocenters. The van der Waals surface area contributed by atoms with Crippen LogP contribution in [0.3, 0.4) is 0 Å². The van der Waals surface area contributed by atoms with Gasteiger partial charge in [0.2, 0.25) is 5.88 Å². The van der Waals surface area contributed by atoms with Gasteiger partial charge in [0.25, 0.3) is 0 Å². The van der Waals surface area contributed by atoms with Crippen molar-refractivity contribution in [1.29, 1.82) is 0 Å². The standard InChI is InChI=1S/C12H10INO4/c1-6-4-10(15)14(11(6)16)9-3-2-7(13)5-8(9)12(17)18/h2-5,15-16H,1H3,(H,17,18). The number of hydrogen-bond acceptors (Lipinski definition) is 3. The van der Waals surface area contributed by atoms with Crippen molar-refractivity contribution in [2.75, 3.05) is 0 Å². The number of rotatable bonds is 2. The molecule has 0 atom stereocenters. The second-order valence-electron chi connectivity index (χ2n) is 3.81. The third kappa shape index (κ3) is 2.03. The number of aromatic carboxylic acids is 1. The average Bonchev–Trinajstić information content (AvgIpc) is 2.54. The fourth-order valence-electron chi connectivity index (χ4n) is 1.72. The molecule has 2 rings (SSSR count). The van der Waals surface area contributed by atoms with Gasteiger partial charge in [-0.05, 0) is 47.7 Å². The normalized spacial score (nSPS) is 10.6. The highest BCUT2D eigenvalue weighted by Crippen LogP contribution is 2.32. The molecule has 18 heavy (non-hydrogen) atoms. The number of carboxylic acids is 1. The number of aromatic hydroxyl groups is 2. The molecule has 0 aliphatic rings. The van der Waals surface area contributed by atoms with Crippen LogP contribution in [0.4, 0.5) is 0 Å². The average molecular weight is 359 g/mol. The lowest BCUT2D eigenvalue weighted by molar-refractivity contribution is 0.0697. The molecule has 0 amide bonds. The van der Waals surface area contributed by atoms with E-state index in [9.17, 15) is 15.0 Å². The van der Waals surface area contributed by atoms with Gasteiger partial charge in [-0.25, -0.2) is 4.79 Å². The van der Waals surface area contributed by atoms with Crippen LogP contribution in [-0.2, 0) is 0 Å². The Kier molecular flexibility index (Phi) is 3.20. The first-order valence-corrected chi connectivity index (χ1v) is 6.13. The molecule has 5 nitrogen and oxygen atoms in total. The van der Waals surface area contributed by atoms with E-state index in [0.717, 1.165) is 8.14 Å². The maximum atomic E-state index is 11.2. The molecule has 0 fully saturated rings. The monoisotopic (exact) mass is 359 g/mol. The van der Waals surface area contributed by atoms with E-state index in [0.29, 0.717) is 5.56 Å². The van der Waals surface area contributed by atoms with Crippen LogP contribution in [-0.4, -0.2) is 25.9 Å². The second kappa shape index (κ2) is 4.52. The van der Waals surface area contributed by atoms with E-state index in [1.807, 2.05) is 22.6 Å². The van der Waals surface area contributed by atoms with E-state index < -0.39 is 5.97 Å². The van der Waals surface area contributed by atoms with E-state index in [1.165, 1.54) is 12.1 Å². The van der Waals surface area contributed by atoms with E-state index in [1.54, 1.807) is 19.1 Å². The van der Waals surface area contributed by atoms with Gasteiger partial charge >= 0.3 is 5.97 Å². The van der Waals surface area contributed by atoms with Gasteiger partial charge in [-0.2, -0.15) is 0 Å². The van der Waals surface area contributed by atoms with Gasteiger partial charge in [0.15, 0.2) is 5.88 Å². The quantitative estimate of drug-likeness (QED) is 0.720. The Hall–Kier alpha value is -1.70. The maximum Gasteiger partial charge on any atom is 0.337 e. The molecule has 0 bridgehead atoms. The van der Waals surface area contributed by atoms with Crippen molar-refractivity contribution in [3.8, 4) is 17.4 Å². The predicted octanol–water partition coefficient (Wildman–Crippen LogP) is 2.50. The Labute approximate surface area is 116 Å². The minimum Gasteiger partial charge on any atom is -0.494 e. The topological polar surface area (TPSA) is 82.7 Å². The number of carboxylic acid groups (broad SMARTS) is 1. The van der Waals surface area contributed by atoms with Crippen molar-refractivity contribution >= 4 is 28.6 Å². The third-order valence-electron chi connectivity index (χ3n) is 2.57. The van der Waals surface area contributed by atoms with E-state index in [-0.39, 0.29) is 23.0 Å². The van der Waals surface area contributed by atoms with Gasteiger partial charge in [0.05, 0.1) is 11.3 Å². The van der Waals surface area contributed by atoms with Gasteiger partial charge in [-0.15, -0.1) is 0 Å². The predicted molar refractivity (Wildman–Crippen MR) is 73.5 cm³/mol. The van der Waals surface area contributed by atoms with E-state index >= 15 is 0 Å². The first kappa shape index (κ1) is 12.7. The molecule has 6 heteroatoms. The van der Waals surface area contributed by atoms with Crippen LogP contribution in [0.25, 0.3) is 5.69 Å². The fourth-order valence-corrected chi connectivity index (χ4v) is 2.21. The van der Waals surface area contributed by atoms with Crippen molar-refractivity contribution < 1.29 is 20.1 Å². The van der Waals surface area contributed by atoms with Crippen LogP contribution >= 0.6 is 22.6 Å². The number of aryl methyl sites for hydroxylation is 1. The maximum absolute atomic E-state index is 11.2. The van der Waals surface area contributed by atoms with Crippen LogP contribution in [0.2, 0.25) is 0 Å². The molecular weight excluding hydrogens is 349 g/mol. The SMILES string of the molecule is Cc1cc(O)n(-c2ccc(I)cc2C(=O)O)c1O. The summed E-state index contributed by atoms with van der Waals surface area (Å²) in [6.45, 7) is 1.62. The summed E-state index contributed by atoms with van der Waals surface area (Å²) >= 11 is 2.00. The van der Waals surface area contributed by atoms with Crippen molar-refractivity contribution in [3.63, 3.8) is 0 Å². The lowest BCUT2D eigenvalue weighted by atomic mass is 10.2. The molecule has 0 spiro atoms. The second-order valence-corrected chi connectivity index (χ2v) is 5.06. The summed E-state index contributed by atoms with van der Waals surface area (Å²) in [5, 5.41) is 28.8. The van der Waals surface area contributed by atoms with Crippen LogP contribution in [0.5, 0.6) is 11.8 Å². The molecule has 1 aromatic carbocycles. The molecule has 1 aromatic heterocycles. The Bertz CT molecular complexity index is 633. The van der Waals surface area contributed by atoms with Crippen molar-refractivity contribution in [3.05, 3.63) is 39.0 Å². The molecule has 3 N–H and O–H groups in total. The molecular formula is C12H10INO4. The first-order chi connectivity index (χ1) is 8.41. The summed E-state index contributed by atoms with van der Waals surface area (Å²) in [5.74, 6) is -1.49. The van der Waals surface area contributed by atoms with Gasteiger partial charge in [-0.3, -0.25) is 4.57 Å². The fraction of sp³-hybridized carbons (Fsp3) is 0.0833. The molecule has 0 radical (unpaired) electrons. The highest BCUT2D eigenvalue weighted by molar-refractivity contribution is 14.1. The van der Waals surface area contributed by atoms with E-state index in [4.69, 9.17) is 5.11 Å². The Morgan fingerprint density at radius 3 is 2.44 bits per heavy atom. The van der Waals surface area contributed by atoms with Crippen molar-refractivity contribution in [2.24, 2.45) is 0 Å². The number of aromatic nitrogens is 1. The highest BCUT2D eigenvalue weighted by atomic mass is 127. The lowest BCUT2D eigenvalue weighted by Crippen LogP contribution is -2.05. The van der Waals surface area contributed by atoms with Crippen molar-refractivity contribution in [1.82, 2.24) is 4.57 Å². The summed E-state index contributed by atoms with van der Waals surface area (Å²) in [6.07, 6.45) is 0. The summed E-state index contributed by atoms with van der Waals surface area (Å²) in [6, 6.07) is 6.10. The summed E-state index contributed by atoms with van der Waals surface area (Å²) < 4.78 is 1.87. The molecule has 1 heterocycles. The van der Waals surface area contributed by atoms with Gasteiger partial charge in [-0.1, -0.05) is 0 Å². The minimum atomic E-state index is -1.12. The van der Waals surface area contributed by atoms with Gasteiger partial charge in [0, 0.05) is 15.2 Å². The van der Waals surface area contributed by atoms with Crippen LogP contribution in [0, 0.1) is 10.5 Å². The Morgan fingerprint density at radius 1 is 1.28 bits per heavy atom. The van der Waals surface area contributed by atoms with Gasteiger partial charge < -0.3 is 15.3 Å². The highest BCUT2D eigenvalue weighted by Gasteiger charge is 2.18. The number of carbonyl (C=O) groups is 1. The zero-order valence-corrected chi connectivity index (χ0v) is 11.5. The summed E-state index contributed by atoms with van der Waals surface area (Å²) in [4.78, 5) is 11.2. The smallest absolute Gasteiger partial charge is 0.337 e. The molecule has 94 valence electrons. The van der Waals surface area contributed by atoms with Crippen LogP contribution < -0.4 is 0 Å². The van der Waals surface area contributed by atoms with E-state index in [2.05, 4.69) is 0 Å². The minimum absolute atomic E-state index is 0.0168. The van der Waals surface area contributed by atoms with Crippen molar-refractivity contribution in [2.45, 2.75) is 6.92 Å². The van der Waals surface area contributed by atoms with Gasteiger partial charge in [0.1, 0.15) is 0 Å². The Morgan fingerprint density at radius 2 is 1.94 bits per heavy atom. The van der Waals surface area contributed by atoms with Crippen LogP contribution in [0.1, 0.15) is 15.9 Å². The number of nitrogens with zero attached hydrogens (tertiary/aromatic N) is 1. The third-order valence-corrected chi connectivity index (χ3v) is 3.24. The zero-order chi connectivity index (χ0) is 13.4.